The number of amides is 2. The van der Waals surface area contributed by atoms with Gasteiger partial charge in [0.1, 0.15) is 11.4 Å². The van der Waals surface area contributed by atoms with E-state index in [1.54, 1.807) is 23.1 Å². The first-order chi connectivity index (χ1) is 11.5. The Labute approximate surface area is 140 Å². The number of halogens is 1. The molecule has 0 saturated carbocycles. The second kappa shape index (κ2) is 6.86. The van der Waals surface area contributed by atoms with E-state index in [0.717, 1.165) is 0 Å². The van der Waals surface area contributed by atoms with Gasteiger partial charge in [-0.15, -0.1) is 0 Å². The van der Waals surface area contributed by atoms with Crippen molar-refractivity contribution < 1.29 is 18.7 Å². The topological polar surface area (TPSA) is 75.9 Å². The van der Waals surface area contributed by atoms with Crippen LogP contribution >= 0.6 is 0 Å². The number of nitrogens with two attached hydrogens (primary N) is 1. The Morgan fingerprint density at radius 1 is 1.21 bits per heavy atom. The maximum Gasteiger partial charge on any atom is 0.240 e. The van der Waals surface area contributed by atoms with E-state index in [1.807, 2.05) is 4.90 Å². The summed E-state index contributed by atoms with van der Waals surface area (Å²) in [4.78, 5) is 28.0. The molecule has 2 aliphatic rings. The van der Waals surface area contributed by atoms with Gasteiger partial charge in [0.05, 0.1) is 13.0 Å². The van der Waals surface area contributed by atoms with E-state index in [9.17, 15) is 14.0 Å². The smallest absolute Gasteiger partial charge is 0.240 e. The molecule has 1 unspecified atom stereocenters. The van der Waals surface area contributed by atoms with Crippen molar-refractivity contribution in [1.29, 1.82) is 0 Å². The molecule has 2 heterocycles. The third-order valence-corrected chi connectivity index (χ3v) is 5.00. The summed E-state index contributed by atoms with van der Waals surface area (Å²) in [5, 5.41) is 0. The molecule has 2 saturated heterocycles. The van der Waals surface area contributed by atoms with Crippen LogP contribution in [0.5, 0.6) is 0 Å². The molecule has 0 bridgehead atoms. The van der Waals surface area contributed by atoms with Gasteiger partial charge < -0.3 is 15.4 Å². The largest absolute Gasteiger partial charge is 0.379 e. The molecule has 2 amide bonds. The highest BCUT2D eigenvalue weighted by Crippen LogP contribution is 2.27. The summed E-state index contributed by atoms with van der Waals surface area (Å²) < 4.78 is 19.1. The van der Waals surface area contributed by atoms with Crippen LogP contribution in [0.3, 0.4) is 0 Å². The second-order valence-corrected chi connectivity index (χ2v) is 6.33. The molecule has 3 rings (SSSR count). The van der Waals surface area contributed by atoms with E-state index in [-0.39, 0.29) is 24.1 Å². The molecule has 0 aliphatic carbocycles. The third-order valence-electron chi connectivity index (χ3n) is 5.00. The predicted octanol–water partition coefficient (Wildman–Crippen LogP) is 0.157. The van der Waals surface area contributed by atoms with Gasteiger partial charge in [-0.2, -0.15) is 0 Å². The Kier molecular flexibility index (Phi) is 4.82. The van der Waals surface area contributed by atoms with E-state index in [2.05, 4.69) is 0 Å². The summed E-state index contributed by atoms with van der Waals surface area (Å²) >= 11 is 0. The van der Waals surface area contributed by atoms with Crippen molar-refractivity contribution in [3.05, 3.63) is 35.6 Å². The fraction of sp³-hybridized carbons (Fsp3) is 0.529. The number of rotatable bonds is 4. The zero-order valence-corrected chi connectivity index (χ0v) is 13.5. The first-order valence-corrected chi connectivity index (χ1v) is 8.17. The van der Waals surface area contributed by atoms with Crippen molar-refractivity contribution in [2.45, 2.75) is 18.4 Å². The Bertz CT molecular complexity index is 623. The normalized spacial score (nSPS) is 25.0. The fourth-order valence-electron chi connectivity index (χ4n) is 3.45. The summed E-state index contributed by atoms with van der Waals surface area (Å²) in [6.07, 6.45) is 0.641. The minimum absolute atomic E-state index is 0.0523. The predicted molar refractivity (Wildman–Crippen MR) is 85.6 cm³/mol. The minimum atomic E-state index is -0.749. The molecule has 1 aromatic carbocycles. The van der Waals surface area contributed by atoms with Crippen LogP contribution in [0.4, 0.5) is 4.39 Å². The lowest BCUT2D eigenvalue weighted by Crippen LogP contribution is -2.63. The summed E-state index contributed by atoms with van der Waals surface area (Å²) in [6, 6.07) is 6.31. The van der Waals surface area contributed by atoms with Crippen molar-refractivity contribution in [1.82, 2.24) is 9.80 Å². The summed E-state index contributed by atoms with van der Waals surface area (Å²) in [6.45, 7) is 2.97. The van der Waals surface area contributed by atoms with E-state index in [0.29, 0.717) is 51.4 Å². The highest BCUT2D eigenvalue weighted by Gasteiger charge is 2.47. The lowest BCUT2D eigenvalue weighted by Gasteiger charge is -2.43. The molecule has 2 N–H and O–H groups in total. The maximum atomic E-state index is 13.7. The van der Waals surface area contributed by atoms with Crippen molar-refractivity contribution >= 4 is 11.8 Å². The van der Waals surface area contributed by atoms with E-state index in [1.165, 1.54) is 6.07 Å². The van der Waals surface area contributed by atoms with Crippen molar-refractivity contribution in [2.75, 3.05) is 39.4 Å². The van der Waals surface area contributed by atoms with Crippen LogP contribution in [0.1, 0.15) is 12.0 Å². The van der Waals surface area contributed by atoms with Gasteiger partial charge in [-0.3, -0.25) is 14.5 Å². The molecular formula is C17H22FN3O3. The maximum absolute atomic E-state index is 13.7. The number of hydrogen-bond acceptors (Lipinski definition) is 4. The molecule has 1 atom stereocenters. The fourth-order valence-corrected chi connectivity index (χ4v) is 3.45. The number of benzene rings is 1. The van der Waals surface area contributed by atoms with Crippen LogP contribution in [-0.4, -0.2) is 66.5 Å². The van der Waals surface area contributed by atoms with Crippen LogP contribution < -0.4 is 5.73 Å². The number of carbonyl (C=O) groups excluding carboxylic acids is 2. The van der Waals surface area contributed by atoms with Crippen LogP contribution in [-0.2, 0) is 20.7 Å². The molecule has 130 valence electrons. The average molecular weight is 335 g/mol. The highest BCUT2D eigenvalue weighted by molar-refractivity contribution is 5.85. The van der Waals surface area contributed by atoms with E-state index < -0.39 is 5.54 Å². The SMILES string of the molecule is NC(=O)C1(N2CCN(C(=O)Cc3ccccc3F)CC2)CCOC1. The highest BCUT2D eigenvalue weighted by atomic mass is 19.1. The quantitative estimate of drug-likeness (QED) is 0.850. The number of primary amides is 1. The van der Waals surface area contributed by atoms with Gasteiger partial charge >= 0.3 is 0 Å². The van der Waals surface area contributed by atoms with Gasteiger partial charge in [0, 0.05) is 39.2 Å². The monoisotopic (exact) mass is 335 g/mol. The van der Waals surface area contributed by atoms with Gasteiger partial charge in [0.2, 0.25) is 11.8 Å². The van der Waals surface area contributed by atoms with E-state index >= 15 is 0 Å². The second-order valence-electron chi connectivity index (χ2n) is 6.33. The molecular weight excluding hydrogens is 313 g/mol. The number of nitrogens with zero attached hydrogens (tertiary/aromatic N) is 2. The average Bonchev–Trinajstić information content (AvgIpc) is 3.08. The minimum Gasteiger partial charge on any atom is -0.379 e. The number of hydrogen-bond donors (Lipinski definition) is 1. The summed E-state index contributed by atoms with van der Waals surface area (Å²) in [5.41, 5.74) is 5.25. The van der Waals surface area contributed by atoms with Crippen molar-refractivity contribution in [3.8, 4) is 0 Å². The number of ether oxygens (including phenoxy) is 1. The van der Waals surface area contributed by atoms with Crippen LogP contribution in [0.15, 0.2) is 24.3 Å². The van der Waals surface area contributed by atoms with Gasteiger partial charge in [0.25, 0.3) is 0 Å². The molecule has 6 nitrogen and oxygen atoms in total. The van der Waals surface area contributed by atoms with Gasteiger partial charge in [-0.05, 0) is 11.6 Å². The molecule has 0 radical (unpaired) electrons. The van der Waals surface area contributed by atoms with Gasteiger partial charge in [0.15, 0.2) is 0 Å². The van der Waals surface area contributed by atoms with Crippen molar-refractivity contribution in [3.63, 3.8) is 0 Å². The molecule has 7 heteroatoms. The molecule has 0 spiro atoms. The Morgan fingerprint density at radius 2 is 1.92 bits per heavy atom. The van der Waals surface area contributed by atoms with Gasteiger partial charge in [-0.1, -0.05) is 18.2 Å². The molecule has 24 heavy (non-hydrogen) atoms. The van der Waals surface area contributed by atoms with Crippen LogP contribution in [0.25, 0.3) is 0 Å². The van der Waals surface area contributed by atoms with Crippen molar-refractivity contribution in [2.24, 2.45) is 5.73 Å². The molecule has 0 aromatic heterocycles. The Balaban J connectivity index is 1.60. The zero-order valence-electron chi connectivity index (χ0n) is 13.5. The lowest BCUT2D eigenvalue weighted by molar-refractivity contribution is -0.137. The van der Waals surface area contributed by atoms with Crippen LogP contribution in [0.2, 0.25) is 0 Å². The molecule has 2 fully saturated rings. The molecule has 1 aromatic rings. The van der Waals surface area contributed by atoms with Gasteiger partial charge in [-0.25, -0.2) is 4.39 Å². The first-order valence-electron chi connectivity index (χ1n) is 8.17. The Morgan fingerprint density at radius 3 is 2.50 bits per heavy atom. The zero-order chi connectivity index (χ0) is 17.2. The first kappa shape index (κ1) is 16.9. The standard InChI is InChI=1S/C17H22FN3O3/c18-14-4-2-1-3-13(14)11-15(22)20-6-8-21(9-7-20)17(16(19)23)5-10-24-12-17/h1-4H,5-12H2,(H2,19,23). The van der Waals surface area contributed by atoms with Crippen LogP contribution in [0, 0.1) is 5.82 Å². The summed E-state index contributed by atoms with van der Waals surface area (Å²) in [7, 11) is 0. The Hall–Kier alpha value is -1.99. The number of carbonyl (C=O) groups is 2. The van der Waals surface area contributed by atoms with E-state index in [4.69, 9.17) is 10.5 Å². The number of piperazine rings is 1. The lowest BCUT2D eigenvalue weighted by atomic mass is 9.94. The molecule has 2 aliphatic heterocycles. The summed E-state index contributed by atoms with van der Waals surface area (Å²) in [5.74, 6) is -0.832. The third kappa shape index (κ3) is 3.14.